The molecule has 2 heterocycles. The first-order valence-electron chi connectivity index (χ1n) is 5.72. The van der Waals surface area contributed by atoms with Crippen molar-refractivity contribution in [2.24, 2.45) is 0 Å². The third kappa shape index (κ3) is 2.54. The number of pyridine rings is 1. The largest absolute Gasteiger partial charge is 0.314 e. The Morgan fingerprint density at radius 1 is 1.38 bits per heavy atom. The maximum absolute atomic E-state index is 6.23. The minimum absolute atomic E-state index is 0.861. The molecule has 1 aromatic heterocycles. The summed E-state index contributed by atoms with van der Waals surface area (Å²) in [6, 6.07) is 0. The number of nitrogens with zero attached hydrogens (tertiary/aromatic N) is 2. The van der Waals surface area contributed by atoms with E-state index >= 15 is 0 Å². The molecule has 1 aliphatic rings. The zero-order chi connectivity index (χ0) is 11.5. The first kappa shape index (κ1) is 11.8. The van der Waals surface area contributed by atoms with E-state index < -0.39 is 0 Å². The average molecular weight is 240 g/mol. The Morgan fingerprint density at radius 3 is 2.75 bits per heavy atom. The monoisotopic (exact) mass is 239 g/mol. The van der Waals surface area contributed by atoms with Gasteiger partial charge in [0.25, 0.3) is 0 Å². The third-order valence-electron chi connectivity index (χ3n) is 3.11. The maximum Gasteiger partial charge on any atom is 0.0588 e. The van der Waals surface area contributed by atoms with Gasteiger partial charge in [0.05, 0.1) is 5.69 Å². The van der Waals surface area contributed by atoms with Crippen LogP contribution in [0.3, 0.4) is 0 Å². The summed E-state index contributed by atoms with van der Waals surface area (Å²) in [5.41, 5.74) is 3.29. The van der Waals surface area contributed by atoms with E-state index in [1.165, 1.54) is 0 Å². The van der Waals surface area contributed by atoms with Crippen molar-refractivity contribution < 1.29 is 0 Å². The molecule has 2 rings (SSSR count). The second-order valence-electron chi connectivity index (χ2n) is 4.35. The lowest BCUT2D eigenvalue weighted by molar-refractivity contribution is 0.230. The van der Waals surface area contributed by atoms with Crippen molar-refractivity contribution in [3.8, 4) is 0 Å². The molecule has 3 nitrogen and oxygen atoms in total. The normalized spacial score (nSPS) is 17.7. The van der Waals surface area contributed by atoms with Gasteiger partial charge in [0, 0.05) is 43.9 Å². The Hall–Kier alpha value is -0.640. The summed E-state index contributed by atoms with van der Waals surface area (Å²) in [6.45, 7) is 9.28. The van der Waals surface area contributed by atoms with Gasteiger partial charge in [-0.1, -0.05) is 11.6 Å². The first-order valence-corrected chi connectivity index (χ1v) is 6.10. The Bertz CT molecular complexity index is 373. The van der Waals surface area contributed by atoms with E-state index in [-0.39, 0.29) is 0 Å². The van der Waals surface area contributed by atoms with E-state index in [0.29, 0.717) is 0 Å². The Labute approximate surface area is 102 Å². The Kier molecular flexibility index (Phi) is 3.79. The van der Waals surface area contributed by atoms with Crippen molar-refractivity contribution in [3.63, 3.8) is 0 Å². The topological polar surface area (TPSA) is 28.2 Å². The van der Waals surface area contributed by atoms with E-state index in [2.05, 4.69) is 22.1 Å². The Balaban J connectivity index is 2.11. The second kappa shape index (κ2) is 5.13. The van der Waals surface area contributed by atoms with Crippen LogP contribution in [0.4, 0.5) is 0 Å². The molecule has 1 aromatic rings. The van der Waals surface area contributed by atoms with Gasteiger partial charge >= 0.3 is 0 Å². The fourth-order valence-corrected chi connectivity index (χ4v) is 2.15. The number of hydrogen-bond donors (Lipinski definition) is 1. The molecule has 4 heteroatoms. The molecular formula is C12H18ClN3. The molecule has 0 atom stereocenters. The van der Waals surface area contributed by atoms with Gasteiger partial charge in [-0.05, 0) is 25.0 Å². The molecule has 1 fully saturated rings. The highest BCUT2D eigenvalue weighted by atomic mass is 35.5. The van der Waals surface area contributed by atoms with Gasteiger partial charge in [0.15, 0.2) is 0 Å². The molecule has 0 radical (unpaired) electrons. The minimum atomic E-state index is 0.861. The molecule has 0 spiro atoms. The number of piperazine rings is 1. The van der Waals surface area contributed by atoms with Crippen LogP contribution in [-0.4, -0.2) is 36.1 Å². The van der Waals surface area contributed by atoms with Gasteiger partial charge in [0.1, 0.15) is 0 Å². The standard InChI is InChI=1S/C12H18ClN3/c1-9-7-15-11(10(2)12(9)13)8-16-5-3-14-4-6-16/h7,14H,3-6,8H2,1-2H3. The number of halogens is 1. The van der Waals surface area contributed by atoms with Crippen molar-refractivity contribution in [1.82, 2.24) is 15.2 Å². The molecule has 0 saturated carbocycles. The molecular weight excluding hydrogens is 222 g/mol. The number of aromatic nitrogens is 1. The smallest absolute Gasteiger partial charge is 0.0588 e. The molecule has 0 unspecified atom stereocenters. The van der Waals surface area contributed by atoms with E-state index in [0.717, 1.165) is 54.6 Å². The van der Waals surface area contributed by atoms with Gasteiger partial charge < -0.3 is 5.32 Å². The van der Waals surface area contributed by atoms with Crippen LogP contribution in [-0.2, 0) is 6.54 Å². The van der Waals surface area contributed by atoms with Crippen LogP contribution in [0.5, 0.6) is 0 Å². The van der Waals surface area contributed by atoms with E-state index in [9.17, 15) is 0 Å². The molecule has 0 amide bonds. The highest BCUT2D eigenvalue weighted by Crippen LogP contribution is 2.22. The van der Waals surface area contributed by atoms with E-state index in [1.807, 2.05) is 13.1 Å². The summed E-state index contributed by atoms with van der Waals surface area (Å²) < 4.78 is 0. The van der Waals surface area contributed by atoms with Crippen LogP contribution >= 0.6 is 11.6 Å². The molecule has 0 aromatic carbocycles. The summed E-state index contributed by atoms with van der Waals surface area (Å²) in [5.74, 6) is 0. The molecule has 0 aliphatic carbocycles. The fraction of sp³-hybridized carbons (Fsp3) is 0.583. The third-order valence-corrected chi connectivity index (χ3v) is 3.69. The number of aryl methyl sites for hydroxylation is 1. The van der Waals surface area contributed by atoms with Gasteiger partial charge in [-0.25, -0.2) is 0 Å². The fourth-order valence-electron chi connectivity index (χ4n) is 1.99. The quantitative estimate of drug-likeness (QED) is 0.853. The summed E-state index contributed by atoms with van der Waals surface area (Å²) in [6.07, 6.45) is 1.87. The molecule has 16 heavy (non-hydrogen) atoms. The van der Waals surface area contributed by atoms with E-state index in [1.54, 1.807) is 0 Å². The van der Waals surface area contributed by atoms with Crippen molar-refractivity contribution in [3.05, 3.63) is 28.0 Å². The minimum Gasteiger partial charge on any atom is -0.314 e. The predicted octanol–water partition coefficient (Wildman–Crippen LogP) is 1.76. The van der Waals surface area contributed by atoms with Gasteiger partial charge in [0.2, 0.25) is 0 Å². The second-order valence-corrected chi connectivity index (χ2v) is 4.73. The molecule has 0 bridgehead atoms. The van der Waals surface area contributed by atoms with Gasteiger partial charge in [-0.15, -0.1) is 0 Å². The van der Waals surface area contributed by atoms with Crippen molar-refractivity contribution in [2.45, 2.75) is 20.4 Å². The predicted molar refractivity (Wildman–Crippen MR) is 66.9 cm³/mol. The number of nitrogens with one attached hydrogen (secondary N) is 1. The van der Waals surface area contributed by atoms with Crippen molar-refractivity contribution in [2.75, 3.05) is 26.2 Å². The summed E-state index contributed by atoms with van der Waals surface area (Å²) in [7, 11) is 0. The first-order chi connectivity index (χ1) is 7.68. The molecule has 88 valence electrons. The van der Waals surface area contributed by atoms with Crippen molar-refractivity contribution >= 4 is 11.6 Å². The number of rotatable bonds is 2. The van der Waals surface area contributed by atoms with Crippen LogP contribution in [0.15, 0.2) is 6.20 Å². The van der Waals surface area contributed by atoms with Crippen LogP contribution in [0.25, 0.3) is 0 Å². The van der Waals surface area contributed by atoms with Gasteiger partial charge in [-0.3, -0.25) is 9.88 Å². The number of hydrogen-bond acceptors (Lipinski definition) is 3. The summed E-state index contributed by atoms with van der Waals surface area (Å²) in [5, 5.41) is 4.21. The highest BCUT2D eigenvalue weighted by molar-refractivity contribution is 6.32. The summed E-state index contributed by atoms with van der Waals surface area (Å²) >= 11 is 6.23. The lowest BCUT2D eigenvalue weighted by Gasteiger charge is -2.27. The lowest BCUT2D eigenvalue weighted by Crippen LogP contribution is -2.43. The molecule has 1 N–H and O–H groups in total. The van der Waals surface area contributed by atoms with Crippen LogP contribution in [0.1, 0.15) is 16.8 Å². The zero-order valence-corrected chi connectivity index (χ0v) is 10.6. The van der Waals surface area contributed by atoms with Crippen molar-refractivity contribution in [1.29, 1.82) is 0 Å². The lowest BCUT2D eigenvalue weighted by atomic mass is 10.1. The van der Waals surface area contributed by atoms with Crippen LogP contribution in [0, 0.1) is 13.8 Å². The zero-order valence-electron chi connectivity index (χ0n) is 9.89. The average Bonchev–Trinajstić information content (AvgIpc) is 2.31. The van der Waals surface area contributed by atoms with Crippen LogP contribution in [0.2, 0.25) is 5.02 Å². The maximum atomic E-state index is 6.23. The SMILES string of the molecule is Cc1cnc(CN2CCNCC2)c(C)c1Cl. The highest BCUT2D eigenvalue weighted by Gasteiger charge is 2.13. The Morgan fingerprint density at radius 2 is 2.06 bits per heavy atom. The van der Waals surface area contributed by atoms with E-state index in [4.69, 9.17) is 11.6 Å². The van der Waals surface area contributed by atoms with Crippen LogP contribution < -0.4 is 5.32 Å². The summed E-state index contributed by atoms with van der Waals surface area (Å²) in [4.78, 5) is 6.90. The molecule has 1 aliphatic heterocycles. The molecule has 1 saturated heterocycles. The van der Waals surface area contributed by atoms with Gasteiger partial charge in [-0.2, -0.15) is 0 Å².